The van der Waals surface area contributed by atoms with Crippen LogP contribution in [-0.2, 0) is 11.3 Å². The first kappa shape index (κ1) is 17.2. The lowest BCUT2D eigenvalue weighted by Crippen LogP contribution is -2.34. The minimum atomic E-state index is -0.418. The molecule has 1 aromatic carbocycles. The second kappa shape index (κ2) is 10.00. The van der Waals surface area contributed by atoms with Gasteiger partial charge in [0.25, 0.3) is 0 Å². The van der Waals surface area contributed by atoms with Gasteiger partial charge in [0.05, 0.1) is 6.04 Å². The van der Waals surface area contributed by atoms with Crippen LogP contribution in [0, 0.1) is 5.92 Å². The molecule has 0 saturated heterocycles. The van der Waals surface area contributed by atoms with Crippen LogP contribution in [0.3, 0.4) is 0 Å². The summed E-state index contributed by atoms with van der Waals surface area (Å²) in [5, 5.41) is 11.6. The fourth-order valence-electron chi connectivity index (χ4n) is 1.94. The molecule has 2 N–H and O–H groups in total. The highest BCUT2D eigenvalue weighted by Gasteiger charge is 2.12. The lowest BCUT2D eigenvalue weighted by atomic mass is 10.0. The molecule has 0 fully saturated rings. The molecule has 0 saturated carbocycles. The van der Waals surface area contributed by atoms with Crippen LogP contribution in [0.25, 0.3) is 0 Å². The summed E-state index contributed by atoms with van der Waals surface area (Å²) in [6.07, 6.45) is 4.81. The van der Waals surface area contributed by atoms with Gasteiger partial charge < -0.3 is 15.2 Å². The van der Waals surface area contributed by atoms with E-state index in [9.17, 15) is 4.79 Å². The van der Waals surface area contributed by atoms with E-state index in [1.165, 1.54) is 0 Å². The fraction of sp³-hybridized carbons (Fsp3) is 0.471. The van der Waals surface area contributed by atoms with E-state index in [0.29, 0.717) is 12.3 Å². The summed E-state index contributed by atoms with van der Waals surface area (Å²) in [6.45, 7) is 4.58. The van der Waals surface area contributed by atoms with Gasteiger partial charge in [0.2, 0.25) is 0 Å². The van der Waals surface area contributed by atoms with E-state index >= 15 is 0 Å². The number of alkyl carbamates (subject to hydrolysis) is 1. The van der Waals surface area contributed by atoms with Gasteiger partial charge in [0.15, 0.2) is 0 Å². The first-order chi connectivity index (χ1) is 10.1. The molecule has 1 aromatic rings. The van der Waals surface area contributed by atoms with Crippen LogP contribution in [0.15, 0.2) is 42.5 Å². The Morgan fingerprint density at radius 3 is 2.67 bits per heavy atom. The molecule has 0 radical (unpaired) electrons. The van der Waals surface area contributed by atoms with Gasteiger partial charge in [-0.1, -0.05) is 56.3 Å². The van der Waals surface area contributed by atoms with E-state index in [2.05, 4.69) is 19.2 Å². The first-order valence-corrected chi connectivity index (χ1v) is 7.36. The van der Waals surface area contributed by atoms with Gasteiger partial charge in [-0.2, -0.15) is 0 Å². The number of hydrogen-bond acceptors (Lipinski definition) is 3. The second-order valence-corrected chi connectivity index (χ2v) is 5.38. The predicted molar refractivity (Wildman–Crippen MR) is 83.8 cm³/mol. The molecule has 1 rings (SSSR count). The smallest absolute Gasteiger partial charge is 0.407 e. The standard InChI is InChI=1S/C17H25NO3/c1-14(2)12-16(10-6-7-11-19)18-17(20)21-13-15-8-4-3-5-9-15/h3-6,8-10,14,16,19H,7,11-13H2,1-2H3,(H,18,20)/b10-6+/t16-/m1/s1. The molecular formula is C17H25NO3. The third-order valence-corrected chi connectivity index (χ3v) is 2.91. The number of carbonyl (C=O) groups is 1. The second-order valence-electron chi connectivity index (χ2n) is 5.38. The maximum atomic E-state index is 11.8. The number of carbonyl (C=O) groups excluding carboxylic acids is 1. The molecule has 4 nitrogen and oxygen atoms in total. The van der Waals surface area contributed by atoms with E-state index in [0.717, 1.165) is 12.0 Å². The summed E-state index contributed by atoms with van der Waals surface area (Å²) in [6, 6.07) is 9.51. The largest absolute Gasteiger partial charge is 0.445 e. The summed E-state index contributed by atoms with van der Waals surface area (Å²) in [5.41, 5.74) is 0.962. The number of rotatable bonds is 8. The lowest BCUT2D eigenvalue weighted by Gasteiger charge is -2.17. The Hall–Kier alpha value is -1.81. The van der Waals surface area contributed by atoms with Crippen LogP contribution in [0.1, 0.15) is 32.3 Å². The fourth-order valence-corrected chi connectivity index (χ4v) is 1.94. The number of benzene rings is 1. The Bertz CT molecular complexity index is 429. The SMILES string of the molecule is CC(C)C[C@@H](/C=C/CCO)NC(=O)OCc1ccccc1. The quantitative estimate of drug-likeness (QED) is 0.723. The minimum absolute atomic E-state index is 0.0696. The van der Waals surface area contributed by atoms with Crippen molar-refractivity contribution in [3.63, 3.8) is 0 Å². The average molecular weight is 291 g/mol. The van der Waals surface area contributed by atoms with Crippen LogP contribution in [0.2, 0.25) is 0 Å². The van der Waals surface area contributed by atoms with Gasteiger partial charge in [-0.25, -0.2) is 4.79 Å². The van der Waals surface area contributed by atoms with Gasteiger partial charge in [-0.15, -0.1) is 0 Å². The highest BCUT2D eigenvalue weighted by molar-refractivity contribution is 5.67. The number of hydrogen-bond donors (Lipinski definition) is 2. The zero-order chi connectivity index (χ0) is 15.5. The summed E-state index contributed by atoms with van der Waals surface area (Å²) in [7, 11) is 0. The number of aliphatic hydroxyl groups excluding tert-OH is 1. The highest BCUT2D eigenvalue weighted by Crippen LogP contribution is 2.07. The van der Waals surface area contributed by atoms with E-state index in [1.807, 2.05) is 42.5 Å². The maximum absolute atomic E-state index is 11.8. The van der Waals surface area contributed by atoms with Crippen LogP contribution < -0.4 is 5.32 Å². The Kier molecular flexibility index (Phi) is 8.21. The van der Waals surface area contributed by atoms with Crippen molar-refractivity contribution in [2.75, 3.05) is 6.61 Å². The van der Waals surface area contributed by atoms with Crippen LogP contribution in [0.4, 0.5) is 4.79 Å². The molecule has 0 aliphatic rings. The normalized spacial score (nSPS) is 12.6. The summed E-state index contributed by atoms with van der Waals surface area (Å²) in [5.74, 6) is 0.461. The van der Waals surface area contributed by atoms with Crippen molar-refractivity contribution in [3.05, 3.63) is 48.0 Å². The van der Waals surface area contributed by atoms with Crippen molar-refractivity contribution in [1.82, 2.24) is 5.32 Å². The van der Waals surface area contributed by atoms with Crippen LogP contribution in [0.5, 0.6) is 0 Å². The Morgan fingerprint density at radius 1 is 1.33 bits per heavy atom. The summed E-state index contributed by atoms with van der Waals surface area (Å²) >= 11 is 0. The molecule has 0 spiro atoms. The predicted octanol–water partition coefficient (Wildman–Crippen LogP) is 3.27. The monoisotopic (exact) mass is 291 g/mol. The molecule has 0 aliphatic carbocycles. The van der Waals surface area contributed by atoms with E-state index in [1.54, 1.807) is 0 Å². The highest BCUT2D eigenvalue weighted by atomic mass is 16.5. The topological polar surface area (TPSA) is 58.6 Å². The Morgan fingerprint density at radius 2 is 2.05 bits per heavy atom. The van der Waals surface area contributed by atoms with Crippen molar-refractivity contribution in [2.45, 2.75) is 39.3 Å². The average Bonchev–Trinajstić information content (AvgIpc) is 2.46. The molecule has 0 aliphatic heterocycles. The van der Waals surface area contributed by atoms with Gasteiger partial charge in [-0.05, 0) is 24.3 Å². The molecule has 4 heteroatoms. The maximum Gasteiger partial charge on any atom is 0.407 e. The Balaban J connectivity index is 2.43. The van der Waals surface area contributed by atoms with E-state index in [-0.39, 0.29) is 19.3 Å². The molecule has 0 aromatic heterocycles. The molecule has 0 unspecified atom stereocenters. The molecular weight excluding hydrogens is 266 g/mol. The zero-order valence-corrected chi connectivity index (χ0v) is 12.8. The number of aliphatic hydroxyl groups is 1. The van der Waals surface area contributed by atoms with Crippen molar-refractivity contribution in [1.29, 1.82) is 0 Å². The van der Waals surface area contributed by atoms with Crippen LogP contribution in [-0.4, -0.2) is 23.8 Å². The number of nitrogens with one attached hydrogen (secondary N) is 1. The van der Waals surface area contributed by atoms with Crippen molar-refractivity contribution in [2.24, 2.45) is 5.92 Å². The molecule has 21 heavy (non-hydrogen) atoms. The molecule has 116 valence electrons. The summed E-state index contributed by atoms with van der Waals surface area (Å²) < 4.78 is 5.21. The third-order valence-electron chi connectivity index (χ3n) is 2.91. The van der Waals surface area contributed by atoms with Crippen molar-refractivity contribution < 1.29 is 14.6 Å². The Labute approximate surface area is 126 Å². The van der Waals surface area contributed by atoms with Crippen molar-refractivity contribution >= 4 is 6.09 Å². The molecule has 1 atom stereocenters. The summed E-state index contributed by atoms with van der Waals surface area (Å²) in [4.78, 5) is 11.8. The van der Waals surface area contributed by atoms with Gasteiger partial charge in [-0.3, -0.25) is 0 Å². The number of amides is 1. The van der Waals surface area contributed by atoms with Gasteiger partial charge in [0, 0.05) is 6.61 Å². The van der Waals surface area contributed by atoms with Crippen molar-refractivity contribution in [3.8, 4) is 0 Å². The van der Waals surface area contributed by atoms with E-state index < -0.39 is 6.09 Å². The molecule has 0 heterocycles. The van der Waals surface area contributed by atoms with Gasteiger partial charge in [0.1, 0.15) is 6.61 Å². The lowest BCUT2D eigenvalue weighted by molar-refractivity contribution is 0.136. The zero-order valence-electron chi connectivity index (χ0n) is 12.8. The molecule has 0 bridgehead atoms. The minimum Gasteiger partial charge on any atom is -0.445 e. The van der Waals surface area contributed by atoms with E-state index in [4.69, 9.17) is 9.84 Å². The van der Waals surface area contributed by atoms with Gasteiger partial charge >= 0.3 is 6.09 Å². The van der Waals surface area contributed by atoms with Crippen LogP contribution >= 0.6 is 0 Å². The third kappa shape index (κ3) is 8.15. The number of ether oxygens (including phenoxy) is 1. The first-order valence-electron chi connectivity index (χ1n) is 7.36. The molecule has 1 amide bonds.